The molecule has 1 aromatic heterocycles. The van der Waals surface area contributed by atoms with Crippen LogP contribution < -0.4 is 10.9 Å². The second-order valence-electron chi connectivity index (χ2n) is 4.29. The first-order valence-electron chi connectivity index (χ1n) is 6.34. The summed E-state index contributed by atoms with van der Waals surface area (Å²) in [6.07, 6.45) is 0. The van der Waals surface area contributed by atoms with Crippen molar-refractivity contribution in [3.63, 3.8) is 0 Å². The Morgan fingerprint density at radius 2 is 1.88 bits per heavy atom. The standard InChI is InChI=1S/C14H9Br2ClN2O4S/c15-8-5-10(24-12(8)16)14(22)23-6-11(20)18-19-13(21)7-3-1-2-4-9(7)17/h1-5H,6H2,(H,18,20)(H,19,21). The first kappa shape index (κ1) is 18.9. The molecule has 126 valence electrons. The molecular formula is C14H9Br2ClN2O4S. The third-order valence-electron chi connectivity index (χ3n) is 2.61. The summed E-state index contributed by atoms with van der Waals surface area (Å²) in [5, 5.41) is 0.254. The molecule has 10 heteroatoms. The number of amides is 2. The van der Waals surface area contributed by atoms with Crippen LogP contribution in [-0.4, -0.2) is 24.4 Å². The molecule has 0 fully saturated rings. The number of halogens is 3. The summed E-state index contributed by atoms with van der Waals surface area (Å²) in [5.41, 5.74) is 4.54. The van der Waals surface area contributed by atoms with Gasteiger partial charge >= 0.3 is 5.97 Å². The molecular weight excluding hydrogens is 487 g/mol. The second kappa shape index (κ2) is 8.61. The van der Waals surface area contributed by atoms with E-state index < -0.39 is 24.4 Å². The van der Waals surface area contributed by atoms with Crippen molar-refractivity contribution in [1.29, 1.82) is 0 Å². The van der Waals surface area contributed by atoms with Gasteiger partial charge in [-0.05, 0) is 50.1 Å². The van der Waals surface area contributed by atoms with Crippen LogP contribution in [0.25, 0.3) is 0 Å². The summed E-state index contributed by atoms with van der Waals surface area (Å²) in [6.45, 7) is -0.533. The van der Waals surface area contributed by atoms with Crippen LogP contribution in [-0.2, 0) is 9.53 Å². The van der Waals surface area contributed by atoms with E-state index >= 15 is 0 Å². The molecule has 0 bridgehead atoms. The highest BCUT2D eigenvalue weighted by atomic mass is 79.9. The zero-order valence-corrected chi connectivity index (χ0v) is 16.5. The minimum Gasteiger partial charge on any atom is -0.451 e. The van der Waals surface area contributed by atoms with Gasteiger partial charge in [0.25, 0.3) is 11.8 Å². The fourth-order valence-corrected chi connectivity index (χ4v) is 3.68. The van der Waals surface area contributed by atoms with E-state index in [0.29, 0.717) is 4.88 Å². The first-order chi connectivity index (χ1) is 11.4. The molecule has 24 heavy (non-hydrogen) atoms. The summed E-state index contributed by atoms with van der Waals surface area (Å²) in [4.78, 5) is 35.6. The lowest BCUT2D eigenvalue weighted by atomic mass is 10.2. The number of rotatable bonds is 4. The Kier molecular flexibility index (Phi) is 6.79. The average molecular weight is 497 g/mol. The zero-order chi connectivity index (χ0) is 17.7. The quantitative estimate of drug-likeness (QED) is 0.501. The SMILES string of the molecule is O=C(COC(=O)c1cc(Br)c(Br)s1)NNC(=O)c1ccccc1Cl. The fourth-order valence-electron chi connectivity index (χ4n) is 1.52. The summed E-state index contributed by atoms with van der Waals surface area (Å²) in [7, 11) is 0. The number of hydrogen-bond acceptors (Lipinski definition) is 5. The van der Waals surface area contributed by atoms with Crippen molar-refractivity contribution in [3.05, 3.63) is 54.1 Å². The monoisotopic (exact) mass is 494 g/mol. The van der Waals surface area contributed by atoms with E-state index in [4.69, 9.17) is 16.3 Å². The lowest BCUT2D eigenvalue weighted by molar-refractivity contribution is -0.125. The summed E-state index contributed by atoms with van der Waals surface area (Å²) in [5.74, 6) is -1.90. The topological polar surface area (TPSA) is 84.5 Å². The minimum absolute atomic E-state index is 0.213. The lowest BCUT2D eigenvalue weighted by Gasteiger charge is -2.08. The fraction of sp³-hybridized carbons (Fsp3) is 0.0714. The Morgan fingerprint density at radius 3 is 2.50 bits per heavy atom. The van der Waals surface area contributed by atoms with Gasteiger partial charge in [-0.15, -0.1) is 11.3 Å². The van der Waals surface area contributed by atoms with Crippen molar-refractivity contribution >= 4 is 72.6 Å². The predicted octanol–water partition coefficient (Wildman–Crippen LogP) is 3.54. The number of hydrazine groups is 1. The molecule has 2 amide bonds. The Balaban J connectivity index is 1.80. The Morgan fingerprint density at radius 1 is 1.17 bits per heavy atom. The summed E-state index contributed by atoms with van der Waals surface area (Å²) in [6, 6.07) is 7.96. The largest absolute Gasteiger partial charge is 0.451 e. The third-order valence-corrected chi connectivity index (χ3v) is 6.18. The van der Waals surface area contributed by atoms with E-state index in [1.54, 1.807) is 24.3 Å². The van der Waals surface area contributed by atoms with Crippen LogP contribution in [0.1, 0.15) is 20.0 Å². The van der Waals surface area contributed by atoms with Crippen LogP contribution in [0.4, 0.5) is 0 Å². The minimum atomic E-state index is -0.682. The Hall–Kier alpha value is -1.42. The van der Waals surface area contributed by atoms with E-state index in [1.807, 2.05) is 0 Å². The molecule has 2 N–H and O–H groups in total. The van der Waals surface area contributed by atoms with Crippen molar-refractivity contribution in [2.45, 2.75) is 0 Å². The van der Waals surface area contributed by atoms with Gasteiger partial charge in [0.2, 0.25) is 0 Å². The van der Waals surface area contributed by atoms with Gasteiger partial charge in [-0.2, -0.15) is 0 Å². The normalized spacial score (nSPS) is 10.1. The molecule has 0 aliphatic carbocycles. The molecule has 0 aliphatic rings. The van der Waals surface area contributed by atoms with E-state index in [-0.39, 0.29) is 10.6 Å². The van der Waals surface area contributed by atoms with Gasteiger partial charge in [-0.25, -0.2) is 4.79 Å². The number of carbonyl (C=O) groups excluding carboxylic acids is 3. The highest BCUT2D eigenvalue weighted by molar-refractivity contribution is 9.13. The number of carbonyl (C=O) groups is 3. The molecule has 1 heterocycles. The van der Waals surface area contributed by atoms with Crippen molar-refractivity contribution in [3.8, 4) is 0 Å². The van der Waals surface area contributed by atoms with Gasteiger partial charge in [0.15, 0.2) is 6.61 Å². The first-order valence-corrected chi connectivity index (χ1v) is 9.12. The third kappa shape index (κ3) is 5.04. The van der Waals surface area contributed by atoms with Crippen LogP contribution in [0.15, 0.2) is 38.6 Å². The number of benzene rings is 1. The molecule has 0 aliphatic heterocycles. The number of hydrogen-bond donors (Lipinski definition) is 2. The molecule has 0 unspecified atom stereocenters. The van der Waals surface area contributed by atoms with Gasteiger partial charge in [0.1, 0.15) is 4.88 Å². The van der Waals surface area contributed by atoms with E-state index in [2.05, 4.69) is 42.7 Å². The molecule has 0 atom stereocenters. The van der Waals surface area contributed by atoms with Crippen molar-refractivity contribution in [1.82, 2.24) is 10.9 Å². The average Bonchev–Trinajstić information content (AvgIpc) is 2.90. The molecule has 0 spiro atoms. The number of esters is 1. The van der Waals surface area contributed by atoms with E-state index in [9.17, 15) is 14.4 Å². The van der Waals surface area contributed by atoms with Crippen molar-refractivity contribution < 1.29 is 19.1 Å². The van der Waals surface area contributed by atoms with Gasteiger partial charge in [0.05, 0.1) is 14.4 Å². The Labute approximate surface area is 162 Å². The Bertz CT molecular complexity index is 777. The van der Waals surface area contributed by atoms with E-state index in [1.165, 1.54) is 17.4 Å². The maximum absolute atomic E-state index is 11.8. The number of nitrogens with one attached hydrogen (secondary N) is 2. The van der Waals surface area contributed by atoms with Gasteiger partial charge < -0.3 is 4.74 Å². The van der Waals surface area contributed by atoms with Gasteiger partial charge in [-0.1, -0.05) is 23.7 Å². The summed E-state index contributed by atoms with van der Waals surface area (Å²) >= 11 is 13.6. The van der Waals surface area contributed by atoms with E-state index in [0.717, 1.165) is 8.26 Å². The summed E-state index contributed by atoms with van der Waals surface area (Å²) < 4.78 is 6.32. The second-order valence-corrected chi connectivity index (χ2v) is 7.92. The lowest BCUT2D eigenvalue weighted by Crippen LogP contribution is -2.43. The van der Waals surface area contributed by atoms with Crippen LogP contribution >= 0.6 is 54.8 Å². The number of thiophene rings is 1. The highest BCUT2D eigenvalue weighted by Crippen LogP contribution is 2.32. The van der Waals surface area contributed by atoms with Crippen LogP contribution in [0.2, 0.25) is 5.02 Å². The van der Waals surface area contributed by atoms with Crippen LogP contribution in [0.3, 0.4) is 0 Å². The molecule has 1 aromatic carbocycles. The maximum Gasteiger partial charge on any atom is 0.348 e. The molecule has 0 radical (unpaired) electrons. The maximum atomic E-state index is 11.8. The van der Waals surface area contributed by atoms with Crippen LogP contribution in [0.5, 0.6) is 0 Å². The molecule has 2 aromatic rings. The smallest absolute Gasteiger partial charge is 0.348 e. The van der Waals surface area contributed by atoms with Crippen molar-refractivity contribution in [2.75, 3.05) is 6.61 Å². The zero-order valence-electron chi connectivity index (χ0n) is 11.8. The predicted molar refractivity (Wildman–Crippen MR) is 97.1 cm³/mol. The molecule has 0 saturated carbocycles. The molecule has 2 rings (SSSR count). The van der Waals surface area contributed by atoms with Crippen LogP contribution in [0, 0.1) is 0 Å². The van der Waals surface area contributed by atoms with Gasteiger partial charge in [-0.3, -0.25) is 20.4 Å². The van der Waals surface area contributed by atoms with Gasteiger partial charge in [0, 0.05) is 4.47 Å². The molecule has 6 nitrogen and oxygen atoms in total. The van der Waals surface area contributed by atoms with Crippen molar-refractivity contribution in [2.24, 2.45) is 0 Å². The molecule has 0 saturated heterocycles. The highest BCUT2D eigenvalue weighted by Gasteiger charge is 2.16. The number of ether oxygens (including phenoxy) is 1.